The molecule has 1 aliphatic rings. The molecule has 0 aliphatic carbocycles. The first-order valence-corrected chi connectivity index (χ1v) is 8.42. The molecule has 1 heterocycles. The van der Waals surface area contributed by atoms with Gasteiger partial charge in [-0.3, -0.25) is 0 Å². The van der Waals surface area contributed by atoms with E-state index in [-0.39, 0.29) is 5.97 Å². The van der Waals surface area contributed by atoms with Gasteiger partial charge in [-0.05, 0) is 37.0 Å². The van der Waals surface area contributed by atoms with Crippen LogP contribution < -0.4 is 14.2 Å². The van der Waals surface area contributed by atoms with Crippen LogP contribution in [0.3, 0.4) is 0 Å². The van der Waals surface area contributed by atoms with Gasteiger partial charge in [0.15, 0.2) is 17.6 Å². The molecule has 132 valence electrons. The lowest BCUT2D eigenvalue weighted by atomic mass is 10.0. The van der Waals surface area contributed by atoms with Crippen molar-refractivity contribution in [2.45, 2.75) is 32.5 Å². The van der Waals surface area contributed by atoms with E-state index in [9.17, 15) is 4.79 Å². The van der Waals surface area contributed by atoms with Gasteiger partial charge in [-0.15, -0.1) is 0 Å². The van der Waals surface area contributed by atoms with Gasteiger partial charge in [-0.2, -0.15) is 0 Å². The summed E-state index contributed by atoms with van der Waals surface area (Å²) in [4.78, 5) is 11.9. The van der Waals surface area contributed by atoms with Crippen molar-refractivity contribution in [3.63, 3.8) is 0 Å². The van der Waals surface area contributed by atoms with E-state index in [4.69, 9.17) is 18.9 Å². The van der Waals surface area contributed by atoms with Gasteiger partial charge < -0.3 is 18.9 Å². The van der Waals surface area contributed by atoms with Gasteiger partial charge in [0, 0.05) is 6.07 Å². The van der Waals surface area contributed by atoms with Crippen LogP contribution in [-0.2, 0) is 22.6 Å². The van der Waals surface area contributed by atoms with Gasteiger partial charge in [-0.25, -0.2) is 4.79 Å². The first-order chi connectivity index (χ1) is 12.2. The molecular formula is C20H22O5. The predicted molar refractivity (Wildman–Crippen MR) is 93.1 cm³/mol. The van der Waals surface area contributed by atoms with E-state index in [2.05, 4.69) is 0 Å². The van der Waals surface area contributed by atoms with E-state index < -0.39 is 6.10 Å². The van der Waals surface area contributed by atoms with E-state index in [1.807, 2.05) is 36.4 Å². The van der Waals surface area contributed by atoms with E-state index in [0.717, 1.165) is 17.5 Å². The Labute approximate surface area is 147 Å². The van der Waals surface area contributed by atoms with Crippen molar-refractivity contribution >= 4 is 5.97 Å². The van der Waals surface area contributed by atoms with E-state index in [1.54, 1.807) is 20.1 Å². The maximum absolute atomic E-state index is 11.9. The number of hydrogen-bond acceptors (Lipinski definition) is 5. The van der Waals surface area contributed by atoms with Crippen molar-refractivity contribution in [2.75, 3.05) is 13.7 Å². The normalized spacial score (nSPS) is 15.7. The van der Waals surface area contributed by atoms with Crippen LogP contribution in [0.2, 0.25) is 0 Å². The van der Waals surface area contributed by atoms with Crippen molar-refractivity contribution in [1.29, 1.82) is 0 Å². The minimum Gasteiger partial charge on any atom is -0.493 e. The Bertz CT molecular complexity index is 726. The highest BCUT2D eigenvalue weighted by Gasteiger charge is 2.28. The summed E-state index contributed by atoms with van der Waals surface area (Å²) in [5, 5.41) is 0. The third-order valence-corrected chi connectivity index (χ3v) is 4.08. The molecular weight excluding hydrogens is 320 g/mol. The number of esters is 1. The summed E-state index contributed by atoms with van der Waals surface area (Å²) in [5.74, 6) is 1.58. The summed E-state index contributed by atoms with van der Waals surface area (Å²) in [6, 6.07) is 13.6. The number of carbonyl (C=O) groups excluding carboxylic acids is 1. The molecule has 25 heavy (non-hydrogen) atoms. The summed E-state index contributed by atoms with van der Waals surface area (Å²) in [6.07, 6.45) is 0.760. The maximum Gasteiger partial charge on any atom is 0.347 e. The molecule has 0 amide bonds. The minimum absolute atomic E-state index is 0.323. The first-order valence-electron chi connectivity index (χ1n) is 8.42. The number of methoxy groups -OCH3 is 1. The van der Waals surface area contributed by atoms with Gasteiger partial charge in [0.25, 0.3) is 0 Å². The zero-order chi connectivity index (χ0) is 17.6. The molecule has 2 aromatic carbocycles. The van der Waals surface area contributed by atoms with Gasteiger partial charge in [-0.1, -0.05) is 30.3 Å². The Morgan fingerprint density at radius 3 is 2.72 bits per heavy atom. The fourth-order valence-corrected chi connectivity index (χ4v) is 2.80. The summed E-state index contributed by atoms with van der Waals surface area (Å²) in [7, 11) is 1.61. The topological polar surface area (TPSA) is 54.0 Å². The number of carbonyl (C=O) groups is 1. The quantitative estimate of drug-likeness (QED) is 0.752. The van der Waals surface area contributed by atoms with Crippen LogP contribution >= 0.6 is 0 Å². The number of aryl methyl sites for hydroxylation is 1. The lowest BCUT2D eigenvalue weighted by Gasteiger charge is -2.25. The van der Waals surface area contributed by atoms with E-state index in [0.29, 0.717) is 36.9 Å². The Balaban J connectivity index is 1.77. The van der Waals surface area contributed by atoms with Crippen LogP contribution in [0, 0.1) is 0 Å². The average Bonchev–Trinajstić information content (AvgIpc) is 2.66. The van der Waals surface area contributed by atoms with Gasteiger partial charge in [0.2, 0.25) is 0 Å². The number of hydrogen-bond donors (Lipinski definition) is 0. The molecule has 5 nitrogen and oxygen atoms in total. The second-order valence-electron chi connectivity index (χ2n) is 5.78. The summed E-state index contributed by atoms with van der Waals surface area (Å²) < 4.78 is 22.2. The Morgan fingerprint density at radius 1 is 1.20 bits per heavy atom. The van der Waals surface area contributed by atoms with Crippen molar-refractivity contribution in [1.82, 2.24) is 0 Å². The van der Waals surface area contributed by atoms with Crippen LogP contribution in [0.5, 0.6) is 17.2 Å². The fourth-order valence-electron chi connectivity index (χ4n) is 2.80. The number of rotatable bonds is 6. The molecule has 0 saturated heterocycles. The molecule has 0 fully saturated rings. The van der Waals surface area contributed by atoms with Gasteiger partial charge >= 0.3 is 5.97 Å². The van der Waals surface area contributed by atoms with Crippen LogP contribution in [0.15, 0.2) is 42.5 Å². The third kappa shape index (κ3) is 4.05. The second-order valence-corrected chi connectivity index (χ2v) is 5.78. The molecule has 1 atom stereocenters. The zero-order valence-corrected chi connectivity index (χ0v) is 14.5. The molecule has 0 radical (unpaired) electrons. The first kappa shape index (κ1) is 17.1. The third-order valence-electron chi connectivity index (χ3n) is 4.08. The van der Waals surface area contributed by atoms with Crippen LogP contribution in [0.4, 0.5) is 0 Å². The minimum atomic E-state index is -0.567. The van der Waals surface area contributed by atoms with Crippen LogP contribution in [-0.4, -0.2) is 25.8 Å². The molecule has 0 N–H and O–H groups in total. The van der Waals surface area contributed by atoms with Gasteiger partial charge in [0.05, 0.1) is 13.7 Å². The monoisotopic (exact) mass is 342 g/mol. The molecule has 0 aromatic heterocycles. The van der Waals surface area contributed by atoms with Gasteiger partial charge in [0.1, 0.15) is 12.4 Å². The van der Waals surface area contributed by atoms with E-state index in [1.165, 1.54) is 0 Å². The molecule has 0 unspecified atom stereocenters. The molecule has 5 heteroatoms. The van der Waals surface area contributed by atoms with Crippen LogP contribution in [0.25, 0.3) is 0 Å². The highest BCUT2D eigenvalue weighted by Crippen LogP contribution is 2.38. The standard InChI is InChI=1S/C20H22O5/c1-3-23-20(21)16-10-9-15-11-18(22-2)19(12-17(15)25-16)24-13-14-7-5-4-6-8-14/h4-8,11-12,16H,3,9-10,13H2,1-2H3/t16-/m0/s1. The number of fused-ring (bicyclic) bond motifs is 1. The largest absolute Gasteiger partial charge is 0.493 e. The molecule has 3 rings (SSSR count). The smallest absolute Gasteiger partial charge is 0.347 e. The zero-order valence-electron chi connectivity index (χ0n) is 14.5. The SMILES string of the molecule is CCOC(=O)[C@@H]1CCc2cc(OC)c(OCc3ccccc3)cc2O1. The average molecular weight is 342 g/mol. The van der Waals surface area contributed by atoms with Crippen molar-refractivity contribution in [2.24, 2.45) is 0 Å². The molecule has 0 bridgehead atoms. The van der Waals surface area contributed by atoms with Crippen molar-refractivity contribution in [3.8, 4) is 17.2 Å². The molecule has 0 spiro atoms. The summed E-state index contributed by atoms with van der Waals surface area (Å²) >= 11 is 0. The highest BCUT2D eigenvalue weighted by atomic mass is 16.6. The van der Waals surface area contributed by atoms with Crippen LogP contribution in [0.1, 0.15) is 24.5 Å². The second kappa shape index (κ2) is 7.92. The highest BCUT2D eigenvalue weighted by molar-refractivity contribution is 5.75. The molecule has 2 aromatic rings. The summed E-state index contributed by atoms with van der Waals surface area (Å²) in [6.45, 7) is 2.56. The number of benzene rings is 2. The Hall–Kier alpha value is -2.69. The van der Waals surface area contributed by atoms with Crippen molar-refractivity contribution < 1.29 is 23.7 Å². The predicted octanol–water partition coefficient (Wildman–Crippen LogP) is 3.53. The summed E-state index contributed by atoms with van der Waals surface area (Å²) in [5.41, 5.74) is 2.07. The van der Waals surface area contributed by atoms with E-state index >= 15 is 0 Å². The lowest BCUT2D eigenvalue weighted by Crippen LogP contribution is -2.32. The fraction of sp³-hybridized carbons (Fsp3) is 0.350. The Morgan fingerprint density at radius 2 is 2.00 bits per heavy atom. The maximum atomic E-state index is 11.9. The Kier molecular flexibility index (Phi) is 5.43. The van der Waals surface area contributed by atoms with Crippen molar-refractivity contribution in [3.05, 3.63) is 53.6 Å². The molecule has 0 saturated carbocycles. The lowest BCUT2D eigenvalue weighted by molar-refractivity contribution is -0.152. The molecule has 1 aliphatic heterocycles. The number of ether oxygens (including phenoxy) is 4.